The minimum atomic E-state index is -4.57. The Labute approximate surface area is 180 Å². The first kappa shape index (κ1) is 21.6. The van der Waals surface area contributed by atoms with Crippen LogP contribution in [0.2, 0.25) is 0 Å². The zero-order valence-corrected chi connectivity index (χ0v) is 17.0. The Bertz CT molecular complexity index is 1180. The molecular formula is C21H20F4N6O. The highest BCUT2D eigenvalue weighted by Gasteiger charge is 2.31. The number of amides is 1. The second-order valence-electron chi connectivity index (χ2n) is 7.63. The van der Waals surface area contributed by atoms with Crippen LogP contribution in [0.1, 0.15) is 18.9 Å². The maximum absolute atomic E-state index is 13.9. The van der Waals surface area contributed by atoms with Gasteiger partial charge in [0, 0.05) is 48.9 Å². The summed E-state index contributed by atoms with van der Waals surface area (Å²) in [4.78, 5) is 22.1. The number of hydrogen-bond acceptors (Lipinski definition) is 6. The Morgan fingerprint density at radius 1 is 1.19 bits per heavy atom. The van der Waals surface area contributed by atoms with Gasteiger partial charge in [0.2, 0.25) is 11.9 Å². The summed E-state index contributed by atoms with van der Waals surface area (Å²) in [5.41, 5.74) is 4.99. The van der Waals surface area contributed by atoms with Crippen LogP contribution in [0.25, 0.3) is 10.9 Å². The SMILES string of the molecule is CC(=O)N[C@H]1CCN(c2nc(Nc3cc(N)cc(C(F)(F)F)c3)nc3cc(F)ccc23)C1. The number of anilines is 4. The number of nitrogens with one attached hydrogen (secondary N) is 2. The largest absolute Gasteiger partial charge is 0.416 e. The van der Waals surface area contributed by atoms with Crippen LogP contribution >= 0.6 is 0 Å². The Hall–Kier alpha value is -3.63. The Balaban J connectivity index is 1.72. The third-order valence-corrected chi connectivity index (χ3v) is 5.07. The van der Waals surface area contributed by atoms with Crippen LogP contribution in [0.5, 0.6) is 0 Å². The van der Waals surface area contributed by atoms with Crippen molar-refractivity contribution in [3.8, 4) is 0 Å². The number of nitrogens with zero attached hydrogens (tertiary/aromatic N) is 3. The van der Waals surface area contributed by atoms with Crippen LogP contribution in [0.4, 0.5) is 40.7 Å². The molecule has 3 aromatic rings. The molecule has 1 aliphatic rings. The smallest absolute Gasteiger partial charge is 0.399 e. The number of hydrogen-bond donors (Lipinski definition) is 3. The lowest BCUT2D eigenvalue weighted by Gasteiger charge is -2.21. The van der Waals surface area contributed by atoms with E-state index in [2.05, 4.69) is 20.6 Å². The number of carbonyl (C=O) groups excluding carboxylic acids is 1. The minimum Gasteiger partial charge on any atom is -0.399 e. The highest BCUT2D eigenvalue weighted by atomic mass is 19.4. The minimum absolute atomic E-state index is 0.000184. The average molecular weight is 448 g/mol. The van der Waals surface area contributed by atoms with Crippen LogP contribution in [0.3, 0.4) is 0 Å². The van der Waals surface area contributed by atoms with Crippen molar-refractivity contribution in [2.24, 2.45) is 0 Å². The van der Waals surface area contributed by atoms with Crippen molar-refractivity contribution >= 4 is 40.0 Å². The van der Waals surface area contributed by atoms with Gasteiger partial charge in [-0.05, 0) is 36.8 Å². The molecule has 1 fully saturated rings. The molecule has 2 heterocycles. The van der Waals surface area contributed by atoms with E-state index in [9.17, 15) is 22.4 Å². The third-order valence-electron chi connectivity index (χ3n) is 5.07. The van der Waals surface area contributed by atoms with Crippen LogP contribution in [0, 0.1) is 5.82 Å². The number of halogens is 4. The molecule has 4 rings (SSSR count). The highest BCUT2D eigenvalue weighted by molar-refractivity contribution is 5.91. The van der Waals surface area contributed by atoms with Crippen molar-refractivity contribution in [2.45, 2.75) is 25.6 Å². The summed E-state index contributed by atoms with van der Waals surface area (Å²) in [6, 6.07) is 7.06. The quantitative estimate of drug-likeness (QED) is 0.415. The summed E-state index contributed by atoms with van der Waals surface area (Å²) < 4.78 is 53.3. The van der Waals surface area contributed by atoms with Gasteiger partial charge in [0.1, 0.15) is 11.6 Å². The molecule has 11 heteroatoms. The summed E-state index contributed by atoms with van der Waals surface area (Å²) in [7, 11) is 0. The van der Waals surface area contributed by atoms with Gasteiger partial charge in [0.15, 0.2) is 0 Å². The first-order chi connectivity index (χ1) is 15.1. The van der Waals surface area contributed by atoms with Gasteiger partial charge in [-0.3, -0.25) is 4.79 Å². The molecule has 0 spiro atoms. The summed E-state index contributed by atoms with van der Waals surface area (Å²) in [6.07, 6.45) is -3.88. The van der Waals surface area contributed by atoms with E-state index < -0.39 is 17.6 Å². The van der Waals surface area contributed by atoms with Crippen molar-refractivity contribution in [3.63, 3.8) is 0 Å². The topological polar surface area (TPSA) is 96.2 Å². The van der Waals surface area contributed by atoms with Crippen LogP contribution in [-0.4, -0.2) is 35.0 Å². The predicted octanol–water partition coefficient (Wildman–Crippen LogP) is 3.83. The molecular weight excluding hydrogens is 428 g/mol. The Morgan fingerprint density at radius 3 is 2.69 bits per heavy atom. The number of rotatable bonds is 4. The summed E-state index contributed by atoms with van der Waals surface area (Å²) in [6.45, 7) is 2.51. The fraction of sp³-hybridized carbons (Fsp3) is 0.286. The molecule has 1 aliphatic heterocycles. The molecule has 4 N–H and O–H groups in total. The number of nitrogen functional groups attached to an aromatic ring is 1. The normalized spacial score (nSPS) is 16.4. The van der Waals surface area contributed by atoms with Crippen molar-refractivity contribution in [1.29, 1.82) is 0 Å². The maximum Gasteiger partial charge on any atom is 0.416 e. The van der Waals surface area contributed by atoms with Crippen molar-refractivity contribution in [2.75, 3.05) is 29.0 Å². The van der Waals surface area contributed by atoms with Crippen molar-refractivity contribution < 1.29 is 22.4 Å². The van der Waals surface area contributed by atoms with Gasteiger partial charge in [-0.1, -0.05) is 0 Å². The van der Waals surface area contributed by atoms with E-state index in [0.717, 1.165) is 12.1 Å². The molecule has 0 bridgehead atoms. The van der Waals surface area contributed by atoms with Gasteiger partial charge < -0.3 is 21.3 Å². The summed E-state index contributed by atoms with van der Waals surface area (Å²) in [5, 5.41) is 6.20. The zero-order valence-electron chi connectivity index (χ0n) is 17.0. The van der Waals surface area contributed by atoms with Crippen molar-refractivity contribution in [3.05, 3.63) is 47.8 Å². The number of alkyl halides is 3. The highest BCUT2D eigenvalue weighted by Crippen LogP contribution is 2.34. The second kappa shape index (κ2) is 8.13. The Morgan fingerprint density at radius 2 is 1.97 bits per heavy atom. The van der Waals surface area contributed by atoms with Crippen molar-refractivity contribution in [1.82, 2.24) is 15.3 Å². The number of aromatic nitrogens is 2. The number of fused-ring (bicyclic) bond motifs is 1. The number of nitrogens with two attached hydrogens (primary N) is 1. The molecule has 1 saturated heterocycles. The number of carbonyl (C=O) groups is 1. The van der Waals surface area contributed by atoms with Gasteiger partial charge in [0.05, 0.1) is 11.1 Å². The maximum atomic E-state index is 13.9. The fourth-order valence-corrected chi connectivity index (χ4v) is 3.76. The molecule has 0 unspecified atom stereocenters. The molecule has 32 heavy (non-hydrogen) atoms. The first-order valence-corrected chi connectivity index (χ1v) is 9.82. The van der Waals surface area contributed by atoms with Gasteiger partial charge in [-0.15, -0.1) is 0 Å². The third kappa shape index (κ3) is 4.66. The van der Waals surface area contributed by atoms with E-state index in [-0.39, 0.29) is 29.3 Å². The lowest BCUT2D eigenvalue weighted by Crippen LogP contribution is -2.35. The standard InChI is InChI=1S/C21H20F4N6O/c1-11(32)27-15-4-5-31(10-15)19-17-3-2-13(22)8-18(17)29-20(30-19)28-16-7-12(21(23,24)25)6-14(26)9-16/h2-3,6-9,15H,4-5,10,26H2,1H3,(H,27,32)(H,28,29,30)/t15-/m0/s1. The molecule has 168 valence electrons. The fourth-order valence-electron chi connectivity index (χ4n) is 3.76. The molecule has 1 aromatic heterocycles. The summed E-state index contributed by atoms with van der Waals surface area (Å²) >= 11 is 0. The van der Waals surface area contributed by atoms with Crippen LogP contribution in [0.15, 0.2) is 36.4 Å². The van der Waals surface area contributed by atoms with Gasteiger partial charge in [-0.2, -0.15) is 18.2 Å². The van der Waals surface area contributed by atoms with Gasteiger partial charge >= 0.3 is 6.18 Å². The van der Waals surface area contributed by atoms with Crippen LogP contribution in [-0.2, 0) is 11.0 Å². The molecule has 0 saturated carbocycles. The summed E-state index contributed by atoms with van der Waals surface area (Å²) in [5.74, 6) is -0.157. The molecule has 0 radical (unpaired) electrons. The molecule has 1 amide bonds. The van der Waals surface area contributed by atoms with E-state index in [1.807, 2.05) is 4.90 Å². The van der Waals surface area contributed by atoms with E-state index >= 15 is 0 Å². The average Bonchev–Trinajstić information content (AvgIpc) is 3.13. The predicted molar refractivity (Wildman–Crippen MR) is 113 cm³/mol. The molecule has 1 atom stereocenters. The molecule has 7 nitrogen and oxygen atoms in total. The molecule has 0 aliphatic carbocycles. The van der Waals surface area contributed by atoms with Gasteiger partial charge in [-0.25, -0.2) is 9.37 Å². The lowest BCUT2D eigenvalue weighted by molar-refractivity contribution is -0.137. The monoisotopic (exact) mass is 448 g/mol. The Kier molecular flexibility index (Phi) is 5.49. The van der Waals surface area contributed by atoms with Gasteiger partial charge in [0.25, 0.3) is 0 Å². The number of benzene rings is 2. The lowest BCUT2D eigenvalue weighted by atomic mass is 10.1. The van der Waals surface area contributed by atoms with E-state index in [4.69, 9.17) is 5.73 Å². The van der Waals surface area contributed by atoms with E-state index in [1.54, 1.807) is 6.07 Å². The van der Waals surface area contributed by atoms with Crippen LogP contribution < -0.4 is 21.3 Å². The second-order valence-corrected chi connectivity index (χ2v) is 7.63. The van der Waals surface area contributed by atoms with E-state index in [0.29, 0.717) is 36.2 Å². The zero-order chi connectivity index (χ0) is 23.0. The molecule has 2 aromatic carbocycles. The first-order valence-electron chi connectivity index (χ1n) is 9.82. The van der Waals surface area contributed by atoms with E-state index in [1.165, 1.54) is 25.1 Å².